The zero-order chi connectivity index (χ0) is 23.6. The van der Waals surface area contributed by atoms with Crippen molar-refractivity contribution in [3.05, 3.63) is 57.3 Å². The van der Waals surface area contributed by atoms with E-state index < -0.39 is 5.41 Å². The van der Waals surface area contributed by atoms with Gasteiger partial charge in [-0.05, 0) is 61.7 Å². The van der Waals surface area contributed by atoms with Gasteiger partial charge in [0, 0.05) is 43.5 Å². The number of alkyl halides is 1. The van der Waals surface area contributed by atoms with Gasteiger partial charge >= 0.3 is 0 Å². The van der Waals surface area contributed by atoms with Crippen LogP contribution < -0.4 is 0 Å². The summed E-state index contributed by atoms with van der Waals surface area (Å²) in [5, 5.41) is 2.17. The summed E-state index contributed by atoms with van der Waals surface area (Å²) in [4.78, 5) is 33.9. The molecular weight excluding hydrogens is 454 g/mol. The second-order valence-electron chi connectivity index (χ2n) is 9.82. The Balaban J connectivity index is 1.47. The zero-order valence-corrected chi connectivity index (χ0v) is 21.4. The summed E-state index contributed by atoms with van der Waals surface area (Å²) >= 11 is 7.84. The highest BCUT2D eigenvalue weighted by Crippen LogP contribution is 2.38. The zero-order valence-electron chi connectivity index (χ0n) is 19.8. The molecule has 5 nitrogen and oxygen atoms in total. The molecule has 1 aromatic carbocycles. The molecule has 0 saturated carbocycles. The largest absolute Gasteiger partial charge is 0.340 e. The minimum absolute atomic E-state index is 0.0763. The molecule has 1 unspecified atom stereocenters. The lowest BCUT2D eigenvalue weighted by molar-refractivity contribution is -0.139. The lowest BCUT2D eigenvalue weighted by atomic mass is 9.90. The van der Waals surface area contributed by atoms with E-state index in [0.29, 0.717) is 38.6 Å². The number of carbonyl (C=O) groups is 2. The third-order valence-corrected chi connectivity index (χ3v) is 8.60. The van der Waals surface area contributed by atoms with Crippen LogP contribution >= 0.6 is 22.9 Å². The van der Waals surface area contributed by atoms with E-state index in [4.69, 9.17) is 11.6 Å². The SMILES string of the molecule is Cc1ccccc1C1c2ccsc2CCN1CC(=O)N1CCCN(C(=O)C(C)(C)CCl)CC1. The van der Waals surface area contributed by atoms with Gasteiger partial charge in [-0.1, -0.05) is 24.3 Å². The summed E-state index contributed by atoms with van der Waals surface area (Å²) in [7, 11) is 0. The predicted molar refractivity (Wildman–Crippen MR) is 135 cm³/mol. The molecule has 1 fully saturated rings. The second-order valence-corrected chi connectivity index (χ2v) is 11.1. The Hall–Kier alpha value is -1.89. The normalized spacial score (nSPS) is 19.8. The van der Waals surface area contributed by atoms with Crippen LogP contribution in [0.15, 0.2) is 35.7 Å². The number of halogens is 1. The molecule has 0 spiro atoms. The number of benzene rings is 1. The third-order valence-electron chi connectivity index (χ3n) is 6.94. The van der Waals surface area contributed by atoms with Gasteiger partial charge in [-0.3, -0.25) is 14.5 Å². The Morgan fingerprint density at radius 1 is 1.03 bits per heavy atom. The smallest absolute Gasteiger partial charge is 0.236 e. The second kappa shape index (κ2) is 10.2. The predicted octanol–water partition coefficient (Wildman–Crippen LogP) is 4.33. The first-order valence-electron chi connectivity index (χ1n) is 11.8. The van der Waals surface area contributed by atoms with Crippen molar-refractivity contribution in [2.24, 2.45) is 5.41 Å². The van der Waals surface area contributed by atoms with Crippen LogP contribution in [-0.4, -0.2) is 71.7 Å². The van der Waals surface area contributed by atoms with Crippen molar-refractivity contribution < 1.29 is 9.59 Å². The van der Waals surface area contributed by atoms with E-state index in [1.807, 2.05) is 35.0 Å². The van der Waals surface area contributed by atoms with E-state index >= 15 is 0 Å². The number of hydrogen-bond acceptors (Lipinski definition) is 4. The molecule has 178 valence electrons. The maximum atomic E-state index is 13.4. The average molecular weight is 488 g/mol. The van der Waals surface area contributed by atoms with Crippen LogP contribution in [0, 0.1) is 12.3 Å². The van der Waals surface area contributed by atoms with Crippen LogP contribution in [0.3, 0.4) is 0 Å². The van der Waals surface area contributed by atoms with E-state index in [0.717, 1.165) is 19.4 Å². The highest BCUT2D eigenvalue weighted by molar-refractivity contribution is 7.10. The summed E-state index contributed by atoms with van der Waals surface area (Å²) in [6.07, 6.45) is 1.78. The summed E-state index contributed by atoms with van der Waals surface area (Å²) in [5.41, 5.74) is 3.29. The quantitative estimate of drug-likeness (QED) is 0.589. The van der Waals surface area contributed by atoms with Gasteiger partial charge in [-0.25, -0.2) is 0 Å². The third kappa shape index (κ3) is 5.13. The van der Waals surface area contributed by atoms with Crippen molar-refractivity contribution >= 4 is 34.8 Å². The first kappa shape index (κ1) is 24.2. The molecule has 33 heavy (non-hydrogen) atoms. The number of hydrogen-bond donors (Lipinski definition) is 0. The van der Waals surface area contributed by atoms with Gasteiger partial charge in [0.1, 0.15) is 0 Å². The Morgan fingerprint density at radius 3 is 2.52 bits per heavy atom. The van der Waals surface area contributed by atoms with Gasteiger partial charge < -0.3 is 9.80 Å². The summed E-state index contributed by atoms with van der Waals surface area (Å²) in [6, 6.07) is 10.8. The van der Waals surface area contributed by atoms with Crippen molar-refractivity contribution in [3.8, 4) is 0 Å². The number of carbonyl (C=O) groups excluding carboxylic acids is 2. The molecule has 1 saturated heterocycles. The monoisotopic (exact) mass is 487 g/mol. The molecule has 0 bridgehead atoms. The Labute approximate surface area is 206 Å². The molecular formula is C26H34ClN3O2S. The van der Waals surface area contributed by atoms with E-state index in [2.05, 4.69) is 47.5 Å². The van der Waals surface area contributed by atoms with Crippen molar-refractivity contribution in [2.75, 3.05) is 45.1 Å². The van der Waals surface area contributed by atoms with Crippen LogP contribution in [0.5, 0.6) is 0 Å². The van der Waals surface area contributed by atoms with Gasteiger partial charge in [0.15, 0.2) is 0 Å². The number of amides is 2. The lowest BCUT2D eigenvalue weighted by Crippen LogP contribution is -2.46. The molecule has 7 heteroatoms. The van der Waals surface area contributed by atoms with Crippen molar-refractivity contribution in [2.45, 2.75) is 39.7 Å². The first-order valence-corrected chi connectivity index (χ1v) is 13.2. The van der Waals surface area contributed by atoms with Crippen LogP contribution in [0.4, 0.5) is 0 Å². The van der Waals surface area contributed by atoms with Gasteiger partial charge in [-0.15, -0.1) is 22.9 Å². The number of thiophene rings is 1. The maximum Gasteiger partial charge on any atom is 0.236 e. The van der Waals surface area contributed by atoms with E-state index in [-0.39, 0.29) is 17.9 Å². The number of nitrogens with zero attached hydrogens (tertiary/aromatic N) is 3. The summed E-state index contributed by atoms with van der Waals surface area (Å²) in [5.74, 6) is 0.524. The fourth-order valence-electron chi connectivity index (χ4n) is 4.93. The molecule has 1 atom stereocenters. The molecule has 2 aliphatic rings. The van der Waals surface area contributed by atoms with Crippen LogP contribution in [0.1, 0.15) is 47.9 Å². The van der Waals surface area contributed by atoms with Crippen molar-refractivity contribution in [1.82, 2.24) is 14.7 Å². The Morgan fingerprint density at radius 2 is 1.76 bits per heavy atom. The minimum Gasteiger partial charge on any atom is -0.340 e. The molecule has 2 amide bonds. The van der Waals surface area contributed by atoms with E-state index in [1.54, 1.807) is 0 Å². The Bertz CT molecular complexity index is 1000. The lowest BCUT2D eigenvalue weighted by Gasteiger charge is -2.37. The molecule has 1 aromatic heterocycles. The molecule has 0 aliphatic carbocycles. The maximum absolute atomic E-state index is 13.4. The molecule has 0 N–H and O–H groups in total. The van der Waals surface area contributed by atoms with Gasteiger partial charge in [0.2, 0.25) is 11.8 Å². The molecule has 2 aliphatic heterocycles. The van der Waals surface area contributed by atoms with Crippen molar-refractivity contribution in [3.63, 3.8) is 0 Å². The minimum atomic E-state index is -0.576. The Kier molecular flexibility index (Phi) is 7.46. The number of rotatable bonds is 5. The topological polar surface area (TPSA) is 43.9 Å². The molecule has 4 rings (SSSR count). The van der Waals surface area contributed by atoms with Crippen LogP contribution in [-0.2, 0) is 16.0 Å². The summed E-state index contributed by atoms with van der Waals surface area (Å²) < 4.78 is 0. The van der Waals surface area contributed by atoms with Crippen LogP contribution in [0.25, 0.3) is 0 Å². The van der Waals surface area contributed by atoms with E-state index in [9.17, 15) is 9.59 Å². The highest BCUT2D eigenvalue weighted by Gasteiger charge is 2.35. The van der Waals surface area contributed by atoms with Gasteiger partial charge in [0.25, 0.3) is 0 Å². The van der Waals surface area contributed by atoms with Crippen LogP contribution in [0.2, 0.25) is 0 Å². The molecule has 2 aromatic rings. The molecule has 3 heterocycles. The number of aryl methyl sites for hydroxylation is 1. The van der Waals surface area contributed by atoms with Crippen molar-refractivity contribution in [1.29, 1.82) is 0 Å². The fraction of sp³-hybridized carbons (Fsp3) is 0.538. The van der Waals surface area contributed by atoms with Gasteiger partial charge in [0.05, 0.1) is 18.0 Å². The fourth-order valence-corrected chi connectivity index (χ4v) is 5.94. The highest BCUT2D eigenvalue weighted by atomic mass is 35.5. The standard InChI is InChI=1S/C26H34ClN3O2S/c1-19-7-4-5-8-20(19)24-21-10-16-33-22(21)9-13-30(24)17-23(31)28-11-6-12-29(15-14-28)25(32)26(2,3)18-27/h4-5,7-8,10,16,24H,6,9,11-15,17-18H2,1-3H3. The van der Waals surface area contributed by atoms with E-state index in [1.165, 1.54) is 21.6 Å². The van der Waals surface area contributed by atoms with Gasteiger partial charge in [-0.2, -0.15) is 0 Å². The average Bonchev–Trinajstić information content (AvgIpc) is 3.15. The summed E-state index contributed by atoms with van der Waals surface area (Å²) in [6.45, 7) is 9.71. The molecule has 0 radical (unpaired) electrons. The first-order chi connectivity index (χ1) is 15.8. The number of fused-ring (bicyclic) bond motifs is 1.